The molecular formula is C15H23N5O. The number of imidazole rings is 1. The third-order valence-corrected chi connectivity index (χ3v) is 4.29. The Balaban J connectivity index is 1.75. The van der Waals surface area contributed by atoms with E-state index in [4.69, 9.17) is 4.52 Å². The summed E-state index contributed by atoms with van der Waals surface area (Å²) in [4.78, 5) is 6.61. The SMILES string of the molecule is Cc1cc(C(C)N[C@@H]2CN(C)C[C@H]2c2cncn2C)no1. The minimum atomic E-state index is 0.176. The molecule has 1 unspecified atom stereocenters. The van der Waals surface area contributed by atoms with Crippen molar-refractivity contribution in [3.05, 3.63) is 35.7 Å². The smallest absolute Gasteiger partial charge is 0.133 e. The van der Waals surface area contributed by atoms with Crippen LogP contribution in [0.4, 0.5) is 0 Å². The molecule has 3 rings (SSSR count). The van der Waals surface area contributed by atoms with Gasteiger partial charge in [0.05, 0.1) is 12.4 Å². The maximum absolute atomic E-state index is 5.17. The number of likely N-dealkylation sites (N-methyl/N-ethyl adjacent to an activating group) is 1. The molecule has 6 nitrogen and oxygen atoms in total. The number of aryl methyl sites for hydroxylation is 2. The van der Waals surface area contributed by atoms with Gasteiger partial charge in [0.1, 0.15) is 11.5 Å². The van der Waals surface area contributed by atoms with Gasteiger partial charge in [0.25, 0.3) is 0 Å². The quantitative estimate of drug-likeness (QED) is 0.923. The van der Waals surface area contributed by atoms with E-state index in [0.717, 1.165) is 24.5 Å². The number of nitrogens with one attached hydrogen (secondary N) is 1. The third kappa shape index (κ3) is 2.87. The Labute approximate surface area is 125 Å². The van der Waals surface area contributed by atoms with Gasteiger partial charge in [-0.05, 0) is 20.9 Å². The minimum Gasteiger partial charge on any atom is -0.361 e. The largest absolute Gasteiger partial charge is 0.361 e. The molecule has 1 aliphatic rings. The molecule has 1 saturated heterocycles. The van der Waals surface area contributed by atoms with Gasteiger partial charge in [-0.3, -0.25) is 0 Å². The number of hydrogen-bond donors (Lipinski definition) is 1. The fourth-order valence-electron chi connectivity index (χ4n) is 3.19. The summed E-state index contributed by atoms with van der Waals surface area (Å²) in [5, 5.41) is 7.81. The third-order valence-electron chi connectivity index (χ3n) is 4.29. The first-order chi connectivity index (χ1) is 10.0. The van der Waals surface area contributed by atoms with E-state index in [2.05, 4.69) is 45.9 Å². The van der Waals surface area contributed by atoms with Gasteiger partial charge in [-0.15, -0.1) is 0 Å². The molecule has 0 amide bonds. The van der Waals surface area contributed by atoms with Crippen molar-refractivity contribution in [2.45, 2.75) is 31.8 Å². The van der Waals surface area contributed by atoms with Gasteiger partial charge in [0, 0.05) is 50.1 Å². The van der Waals surface area contributed by atoms with Gasteiger partial charge >= 0.3 is 0 Å². The van der Waals surface area contributed by atoms with Crippen LogP contribution in [0.15, 0.2) is 23.1 Å². The van der Waals surface area contributed by atoms with Gasteiger partial charge in [0.15, 0.2) is 0 Å². The molecule has 6 heteroatoms. The lowest BCUT2D eigenvalue weighted by Gasteiger charge is -2.23. The molecule has 2 aromatic rings. The van der Waals surface area contributed by atoms with Crippen LogP contribution < -0.4 is 5.32 Å². The lowest BCUT2D eigenvalue weighted by molar-refractivity contribution is 0.362. The molecule has 0 bridgehead atoms. The Morgan fingerprint density at radius 1 is 1.38 bits per heavy atom. The summed E-state index contributed by atoms with van der Waals surface area (Å²) in [6.45, 7) is 6.12. The van der Waals surface area contributed by atoms with Crippen LogP contribution in [0, 0.1) is 6.92 Å². The zero-order valence-corrected chi connectivity index (χ0v) is 13.1. The van der Waals surface area contributed by atoms with Gasteiger partial charge in [-0.2, -0.15) is 0 Å². The lowest BCUT2D eigenvalue weighted by atomic mass is 9.99. The molecule has 0 radical (unpaired) electrons. The van der Waals surface area contributed by atoms with Gasteiger partial charge in [-0.25, -0.2) is 4.98 Å². The maximum atomic E-state index is 5.17. The van der Waals surface area contributed by atoms with E-state index in [0.29, 0.717) is 12.0 Å². The molecule has 3 heterocycles. The molecule has 1 fully saturated rings. The van der Waals surface area contributed by atoms with Crippen LogP contribution >= 0.6 is 0 Å². The number of rotatable bonds is 4. The number of aromatic nitrogens is 3. The standard InChI is InChI=1S/C15H23N5O/c1-10-5-13(18-21-10)11(2)17-14-8-19(3)7-12(14)15-6-16-9-20(15)4/h5-6,9,11-12,14,17H,7-8H2,1-4H3/t11?,12-,14-/m1/s1. The molecule has 0 spiro atoms. The Morgan fingerprint density at radius 2 is 2.19 bits per heavy atom. The molecule has 1 aliphatic heterocycles. The lowest BCUT2D eigenvalue weighted by Crippen LogP contribution is -2.37. The van der Waals surface area contributed by atoms with Crippen molar-refractivity contribution in [1.29, 1.82) is 0 Å². The summed E-state index contributed by atoms with van der Waals surface area (Å²) in [7, 11) is 4.22. The number of nitrogens with zero attached hydrogens (tertiary/aromatic N) is 4. The van der Waals surface area contributed by atoms with Crippen molar-refractivity contribution < 1.29 is 4.52 Å². The minimum absolute atomic E-state index is 0.176. The monoisotopic (exact) mass is 289 g/mol. The van der Waals surface area contributed by atoms with Crippen LogP contribution in [0.25, 0.3) is 0 Å². The van der Waals surface area contributed by atoms with E-state index in [9.17, 15) is 0 Å². The average molecular weight is 289 g/mol. The van der Waals surface area contributed by atoms with E-state index in [-0.39, 0.29) is 6.04 Å². The zero-order valence-electron chi connectivity index (χ0n) is 13.1. The molecule has 0 saturated carbocycles. The highest BCUT2D eigenvalue weighted by molar-refractivity contribution is 5.15. The summed E-state index contributed by atoms with van der Waals surface area (Å²) in [6, 6.07) is 2.56. The van der Waals surface area contributed by atoms with E-state index < -0.39 is 0 Å². The summed E-state index contributed by atoms with van der Waals surface area (Å²) in [5.74, 6) is 1.29. The van der Waals surface area contributed by atoms with Crippen molar-refractivity contribution in [3.63, 3.8) is 0 Å². The highest BCUT2D eigenvalue weighted by atomic mass is 16.5. The summed E-state index contributed by atoms with van der Waals surface area (Å²) in [5.41, 5.74) is 2.24. The number of hydrogen-bond acceptors (Lipinski definition) is 5. The van der Waals surface area contributed by atoms with Gasteiger partial charge in [-0.1, -0.05) is 5.16 Å². The molecule has 0 aromatic carbocycles. The Bertz CT molecular complexity index is 605. The van der Waals surface area contributed by atoms with Gasteiger partial charge in [0.2, 0.25) is 0 Å². The second kappa shape index (κ2) is 5.61. The topological polar surface area (TPSA) is 59.1 Å². The fraction of sp³-hybridized carbons (Fsp3) is 0.600. The van der Waals surface area contributed by atoms with Crippen molar-refractivity contribution >= 4 is 0 Å². The summed E-state index contributed by atoms with van der Waals surface area (Å²) >= 11 is 0. The van der Waals surface area contributed by atoms with Crippen LogP contribution in [0.5, 0.6) is 0 Å². The fourth-order valence-corrected chi connectivity index (χ4v) is 3.19. The first kappa shape index (κ1) is 14.3. The zero-order chi connectivity index (χ0) is 15.0. The van der Waals surface area contributed by atoms with E-state index in [1.807, 2.05) is 25.5 Å². The Morgan fingerprint density at radius 3 is 2.81 bits per heavy atom. The van der Waals surface area contributed by atoms with Crippen LogP contribution in [-0.2, 0) is 7.05 Å². The maximum Gasteiger partial charge on any atom is 0.133 e. The van der Waals surface area contributed by atoms with Crippen molar-refractivity contribution in [1.82, 2.24) is 24.9 Å². The molecule has 2 aromatic heterocycles. The van der Waals surface area contributed by atoms with Crippen molar-refractivity contribution in [2.75, 3.05) is 20.1 Å². The first-order valence-electron chi connectivity index (χ1n) is 7.38. The molecule has 3 atom stereocenters. The van der Waals surface area contributed by atoms with Crippen LogP contribution in [0.1, 0.15) is 36.0 Å². The first-order valence-corrected chi connectivity index (χ1v) is 7.38. The normalized spacial score (nSPS) is 24.6. The second-order valence-corrected chi connectivity index (χ2v) is 6.11. The van der Waals surface area contributed by atoms with Crippen molar-refractivity contribution in [3.8, 4) is 0 Å². The molecule has 21 heavy (non-hydrogen) atoms. The molecule has 1 N–H and O–H groups in total. The average Bonchev–Trinajstić information content (AvgIpc) is 3.11. The second-order valence-electron chi connectivity index (χ2n) is 6.11. The van der Waals surface area contributed by atoms with Gasteiger partial charge < -0.3 is 19.3 Å². The molecule has 114 valence electrons. The summed E-state index contributed by atoms with van der Waals surface area (Å²) in [6.07, 6.45) is 3.85. The Kier molecular flexibility index (Phi) is 3.82. The molecule has 0 aliphatic carbocycles. The summed E-state index contributed by atoms with van der Waals surface area (Å²) < 4.78 is 7.29. The molecular weight excluding hydrogens is 266 g/mol. The highest BCUT2D eigenvalue weighted by Gasteiger charge is 2.34. The van der Waals surface area contributed by atoms with Crippen LogP contribution in [-0.4, -0.2) is 45.8 Å². The van der Waals surface area contributed by atoms with Crippen molar-refractivity contribution in [2.24, 2.45) is 7.05 Å². The van der Waals surface area contributed by atoms with E-state index >= 15 is 0 Å². The van der Waals surface area contributed by atoms with Crippen LogP contribution in [0.2, 0.25) is 0 Å². The Hall–Kier alpha value is -1.66. The predicted octanol–water partition coefficient (Wildman–Crippen LogP) is 1.46. The van der Waals surface area contributed by atoms with Crippen LogP contribution in [0.3, 0.4) is 0 Å². The number of likely N-dealkylation sites (tertiary alicyclic amines) is 1. The predicted molar refractivity (Wildman–Crippen MR) is 80.0 cm³/mol. The van der Waals surface area contributed by atoms with E-state index in [1.54, 1.807) is 0 Å². The van der Waals surface area contributed by atoms with E-state index in [1.165, 1.54) is 5.69 Å². The highest BCUT2D eigenvalue weighted by Crippen LogP contribution is 2.28.